The lowest BCUT2D eigenvalue weighted by Gasteiger charge is -2.49. The Hall–Kier alpha value is -4.21. The van der Waals surface area contributed by atoms with E-state index in [1.54, 1.807) is 38.5 Å². The predicted molar refractivity (Wildman–Crippen MR) is 178 cm³/mol. The summed E-state index contributed by atoms with van der Waals surface area (Å²) in [6.45, 7) is 2.09. The molecule has 2 aliphatic rings. The van der Waals surface area contributed by atoms with Gasteiger partial charge in [-0.2, -0.15) is 4.84 Å². The normalized spacial score (nSPS) is 25.2. The van der Waals surface area contributed by atoms with Crippen LogP contribution in [0.2, 0.25) is 0 Å². The van der Waals surface area contributed by atoms with Crippen molar-refractivity contribution >= 4 is 5.97 Å². The number of nitrogens with one attached hydrogen (secondary N) is 1. The van der Waals surface area contributed by atoms with E-state index in [-0.39, 0.29) is 17.9 Å². The van der Waals surface area contributed by atoms with Gasteiger partial charge < -0.3 is 24.2 Å². The molecule has 2 fully saturated rings. The monoisotopic (exact) mass is 637 g/mol. The number of hydroxylamine groups is 2. The molecule has 0 aromatic heterocycles. The molecule has 5 atom stereocenters. The standard InChI is InChI=1S/C39H43NO7/c1-4-38(26-28-22-23-32(43-2)33(25-28)44-3)27-40(42)47-37(35(38)46-36(41)29-15-8-5-9-16-29)45-34-21-14-24-39(34,30-17-10-6-11-18-30)31-19-12-7-13-20-31/h5-13,15-20,22-23,25,34-35,37,40H,4,14,21,24,26-27H2,1-3H3. The lowest BCUT2D eigenvalue weighted by atomic mass is 9.71. The predicted octanol–water partition coefficient (Wildman–Crippen LogP) is 6.08. The maximum absolute atomic E-state index is 13.7. The van der Waals surface area contributed by atoms with E-state index in [2.05, 4.69) is 24.3 Å². The fourth-order valence-corrected chi connectivity index (χ4v) is 7.58. The molecule has 47 heavy (non-hydrogen) atoms. The number of benzene rings is 4. The van der Waals surface area contributed by atoms with Crippen LogP contribution in [0.4, 0.5) is 0 Å². The van der Waals surface area contributed by atoms with Crippen LogP contribution in [-0.4, -0.2) is 45.2 Å². The van der Waals surface area contributed by atoms with Crippen molar-refractivity contribution in [2.24, 2.45) is 5.41 Å². The van der Waals surface area contributed by atoms with Crippen molar-refractivity contribution in [2.45, 2.75) is 62.9 Å². The minimum Gasteiger partial charge on any atom is -0.600 e. The molecule has 0 amide bonds. The largest absolute Gasteiger partial charge is 0.600 e. The summed E-state index contributed by atoms with van der Waals surface area (Å²) in [6.07, 6.45) is 1.19. The number of esters is 1. The molecule has 5 unspecified atom stereocenters. The lowest BCUT2D eigenvalue weighted by Crippen LogP contribution is -3.11. The van der Waals surface area contributed by atoms with Gasteiger partial charge in [-0.05, 0) is 73.1 Å². The minimum absolute atomic E-state index is 0.0671. The van der Waals surface area contributed by atoms with Crippen LogP contribution in [0, 0.1) is 10.6 Å². The van der Waals surface area contributed by atoms with Crippen LogP contribution in [0.25, 0.3) is 0 Å². The van der Waals surface area contributed by atoms with E-state index in [9.17, 15) is 10.0 Å². The highest BCUT2D eigenvalue weighted by Gasteiger charge is 2.56. The molecule has 4 aromatic carbocycles. The fourth-order valence-electron chi connectivity index (χ4n) is 7.58. The minimum atomic E-state index is -1.11. The van der Waals surface area contributed by atoms with E-state index < -0.39 is 29.2 Å². The van der Waals surface area contributed by atoms with Crippen LogP contribution in [0.3, 0.4) is 0 Å². The molecule has 1 heterocycles. The van der Waals surface area contributed by atoms with Crippen molar-refractivity contribution in [3.8, 4) is 11.5 Å². The summed E-state index contributed by atoms with van der Waals surface area (Å²) in [5.74, 6) is 0.704. The number of hydrogen-bond acceptors (Lipinski definition) is 7. The number of ether oxygens (including phenoxy) is 4. The van der Waals surface area contributed by atoms with E-state index in [1.807, 2.05) is 67.6 Å². The maximum atomic E-state index is 13.7. The second-order valence-corrected chi connectivity index (χ2v) is 12.5. The summed E-state index contributed by atoms with van der Waals surface area (Å²) in [6, 6.07) is 35.4. The third-order valence-electron chi connectivity index (χ3n) is 10.0. The van der Waals surface area contributed by atoms with Crippen molar-refractivity contribution in [3.05, 3.63) is 137 Å². The van der Waals surface area contributed by atoms with Gasteiger partial charge in [-0.3, -0.25) is 0 Å². The number of rotatable bonds is 11. The van der Waals surface area contributed by atoms with Crippen molar-refractivity contribution < 1.29 is 33.8 Å². The van der Waals surface area contributed by atoms with Gasteiger partial charge >= 0.3 is 5.97 Å². The summed E-state index contributed by atoms with van der Waals surface area (Å²) < 4.78 is 24.5. The van der Waals surface area contributed by atoms with Gasteiger partial charge in [0.1, 0.15) is 6.54 Å². The first-order valence-electron chi connectivity index (χ1n) is 16.4. The summed E-state index contributed by atoms with van der Waals surface area (Å²) in [5, 5.41) is 13.2. The molecular weight excluding hydrogens is 594 g/mol. The van der Waals surface area contributed by atoms with E-state index in [4.69, 9.17) is 23.8 Å². The van der Waals surface area contributed by atoms with Gasteiger partial charge in [-0.15, -0.1) is 0 Å². The van der Waals surface area contributed by atoms with Crippen molar-refractivity contribution in [3.63, 3.8) is 0 Å². The number of quaternary nitrogens is 1. The van der Waals surface area contributed by atoms with E-state index in [0.717, 1.165) is 36.0 Å². The number of methoxy groups -OCH3 is 2. The van der Waals surface area contributed by atoms with Crippen molar-refractivity contribution in [1.82, 2.24) is 0 Å². The molecule has 0 spiro atoms. The summed E-state index contributed by atoms with van der Waals surface area (Å²) >= 11 is 0. The molecular formula is C39H43NO7. The van der Waals surface area contributed by atoms with Crippen LogP contribution in [-0.2, 0) is 26.1 Å². The fraction of sp³-hybridized carbons (Fsp3) is 0.359. The lowest BCUT2D eigenvalue weighted by molar-refractivity contribution is -1.08. The molecule has 1 saturated heterocycles. The smallest absolute Gasteiger partial charge is 0.338 e. The van der Waals surface area contributed by atoms with Crippen LogP contribution in [0.1, 0.15) is 59.7 Å². The molecule has 6 rings (SSSR count). The Morgan fingerprint density at radius 2 is 1.49 bits per heavy atom. The zero-order valence-electron chi connectivity index (χ0n) is 27.2. The molecule has 0 bridgehead atoms. The van der Waals surface area contributed by atoms with Crippen LogP contribution in [0.5, 0.6) is 11.5 Å². The average Bonchev–Trinajstić information content (AvgIpc) is 3.54. The van der Waals surface area contributed by atoms with Gasteiger partial charge in [-0.1, -0.05) is 91.9 Å². The molecule has 0 radical (unpaired) electrons. The van der Waals surface area contributed by atoms with Gasteiger partial charge in [0.05, 0.1) is 31.3 Å². The van der Waals surface area contributed by atoms with Crippen LogP contribution in [0.15, 0.2) is 109 Å². The number of carbonyl (C=O) groups is 1. The van der Waals surface area contributed by atoms with Crippen molar-refractivity contribution in [2.75, 3.05) is 20.8 Å². The highest BCUT2D eigenvalue weighted by atomic mass is 16.9. The number of hydrogen-bond donors (Lipinski definition) is 1. The highest BCUT2D eigenvalue weighted by molar-refractivity contribution is 5.89. The zero-order valence-corrected chi connectivity index (χ0v) is 27.2. The average molecular weight is 638 g/mol. The number of carbonyl (C=O) groups excluding carboxylic acids is 1. The molecule has 1 N–H and O–H groups in total. The first kappa shape index (κ1) is 32.7. The Labute approximate surface area is 276 Å². The van der Waals surface area contributed by atoms with Gasteiger partial charge in [0, 0.05) is 5.41 Å². The Kier molecular flexibility index (Phi) is 9.94. The molecule has 8 heteroatoms. The Balaban J connectivity index is 1.41. The molecule has 8 nitrogen and oxygen atoms in total. The molecule has 4 aromatic rings. The topological polar surface area (TPSA) is 90.7 Å². The maximum Gasteiger partial charge on any atom is 0.338 e. The van der Waals surface area contributed by atoms with Gasteiger partial charge in [-0.25, -0.2) is 10.0 Å². The van der Waals surface area contributed by atoms with Crippen molar-refractivity contribution in [1.29, 1.82) is 0 Å². The van der Waals surface area contributed by atoms with Gasteiger partial charge in [0.25, 0.3) is 6.29 Å². The molecule has 1 saturated carbocycles. The van der Waals surface area contributed by atoms with Gasteiger partial charge in [0.2, 0.25) is 0 Å². The van der Waals surface area contributed by atoms with E-state index in [1.165, 1.54) is 0 Å². The second kappa shape index (κ2) is 14.3. The second-order valence-electron chi connectivity index (χ2n) is 12.5. The summed E-state index contributed by atoms with van der Waals surface area (Å²) in [4.78, 5) is 19.8. The Bertz CT molecular complexity index is 1580. The third-order valence-corrected chi connectivity index (χ3v) is 10.0. The quantitative estimate of drug-likeness (QED) is 0.158. The first-order valence-corrected chi connectivity index (χ1v) is 16.4. The van der Waals surface area contributed by atoms with Gasteiger partial charge in [0.15, 0.2) is 17.6 Å². The Morgan fingerprint density at radius 1 is 0.872 bits per heavy atom. The van der Waals surface area contributed by atoms with Crippen LogP contribution >= 0.6 is 0 Å². The molecule has 1 aliphatic carbocycles. The molecule has 246 valence electrons. The first-order chi connectivity index (χ1) is 22.9. The summed E-state index contributed by atoms with van der Waals surface area (Å²) in [7, 11) is 3.19. The van der Waals surface area contributed by atoms with E-state index >= 15 is 0 Å². The third kappa shape index (κ3) is 6.51. The Morgan fingerprint density at radius 3 is 2.09 bits per heavy atom. The van der Waals surface area contributed by atoms with Crippen LogP contribution < -0.4 is 14.7 Å². The van der Waals surface area contributed by atoms with E-state index in [0.29, 0.717) is 29.9 Å². The SMILES string of the molecule is CCC1(Cc2ccc(OC)c(OC)c2)C[NH+]([O-])OC(OC2CCCC2(c2ccccc2)c2ccccc2)C1OC(=O)c1ccccc1. The highest BCUT2D eigenvalue weighted by Crippen LogP contribution is 2.49. The summed E-state index contributed by atoms with van der Waals surface area (Å²) in [5.41, 5.74) is 2.33. The molecule has 1 aliphatic heterocycles. The zero-order chi connectivity index (χ0) is 32.9.